The second-order valence-corrected chi connectivity index (χ2v) is 3.98. The van der Waals surface area contributed by atoms with E-state index in [0.29, 0.717) is 11.4 Å². The molecule has 0 saturated carbocycles. The first kappa shape index (κ1) is 11.9. The molecule has 0 aliphatic heterocycles. The summed E-state index contributed by atoms with van der Waals surface area (Å²) in [6.07, 6.45) is 2.37. The fraction of sp³-hybridized carbons (Fsp3) is 0.500. The molecular weight excluding hydrogens is 188 g/mol. The molecule has 15 heavy (non-hydrogen) atoms. The van der Waals surface area contributed by atoms with Crippen LogP contribution in [0.15, 0.2) is 18.2 Å². The van der Waals surface area contributed by atoms with E-state index in [1.807, 2.05) is 6.07 Å². The van der Waals surface area contributed by atoms with Crippen molar-refractivity contribution in [2.24, 2.45) is 0 Å². The second kappa shape index (κ2) is 5.61. The van der Waals surface area contributed by atoms with Crippen LogP contribution in [0.2, 0.25) is 0 Å². The first-order chi connectivity index (χ1) is 7.13. The van der Waals surface area contributed by atoms with E-state index in [-0.39, 0.29) is 0 Å². The van der Waals surface area contributed by atoms with Crippen LogP contribution in [-0.4, -0.2) is 23.6 Å². The Bertz CT molecular complexity index is 312. The van der Waals surface area contributed by atoms with Crippen LogP contribution in [0.4, 0.5) is 5.69 Å². The van der Waals surface area contributed by atoms with Gasteiger partial charge in [-0.1, -0.05) is 13.3 Å². The average molecular weight is 208 g/mol. The molecule has 0 aliphatic carbocycles. The van der Waals surface area contributed by atoms with Crippen LogP contribution < -0.4 is 5.73 Å². The Morgan fingerprint density at radius 2 is 2.13 bits per heavy atom. The first-order valence-electron chi connectivity index (χ1n) is 5.39. The number of nitrogen functional groups attached to an aromatic ring is 1. The Balaban J connectivity index is 2.59. The minimum absolute atomic E-state index is 0.326. The van der Waals surface area contributed by atoms with Crippen molar-refractivity contribution in [2.45, 2.75) is 26.3 Å². The fourth-order valence-electron chi connectivity index (χ4n) is 1.53. The number of phenolic OH excluding ortho intramolecular Hbond substituents is 1. The van der Waals surface area contributed by atoms with Crippen LogP contribution in [0, 0.1) is 0 Å². The van der Waals surface area contributed by atoms with Crippen LogP contribution in [0.3, 0.4) is 0 Å². The standard InChI is InChI=1S/C12H20N2O/c1-3-4-7-14(2)9-10-8-11(13)5-6-12(10)15/h5-6,8,15H,3-4,7,9,13H2,1-2H3. The molecular formula is C12H20N2O. The maximum absolute atomic E-state index is 9.63. The third-order valence-electron chi connectivity index (χ3n) is 2.44. The zero-order chi connectivity index (χ0) is 11.3. The zero-order valence-corrected chi connectivity index (χ0v) is 9.53. The number of rotatable bonds is 5. The summed E-state index contributed by atoms with van der Waals surface area (Å²) < 4.78 is 0. The van der Waals surface area contributed by atoms with E-state index in [0.717, 1.165) is 18.7 Å². The predicted octanol–water partition coefficient (Wildman–Crippen LogP) is 2.21. The first-order valence-corrected chi connectivity index (χ1v) is 5.39. The van der Waals surface area contributed by atoms with Gasteiger partial charge in [-0.25, -0.2) is 0 Å². The van der Waals surface area contributed by atoms with Crippen molar-refractivity contribution in [3.63, 3.8) is 0 Å². The Morgan fingerprint density at radius 1 is 1.40 bits per heavy atom. The highest BCUT2D eigenvalue weighted by Crippen LogP contribution is 2.20. The number of hydrogen-bond donors (Lipinski definition) is 2. The number of anilines is 1. The zero-order valence-electron chi connectivity index (χ0n) is 9.53. The van der Waals surface area contributed by atoms with Gasteiger partial charge in [-0.3, -0.25) is 0 Å². The Labute approximate surface area is 91.5 Å². The van der Waals surface area contributed by atoms with E-state index in [1.54, 1.807) is 12.1 Å². The number of hydrogen-bond acceptors (Lipinski definition) is 3. The molecule has 0 amide bonds. The summed E-state index contributed by atoms with van der Waals surface area (Å²) >= 11 is 0. The molecule has 1 aromatic rings. The van der Waals surface area contributed by atoms with Gasteiger partial charge in [-0.2, -0.15) is 0 Å². The molecule has 0 unspecified atom stereocenters. The minimum atomic E-state index is 0.326. The number of benzene rings is 1. The van der Waals surface area contributed by atoms with Gasteiger partial charge < -0.3 is 15.7 Å². The molecule has 0 aliphatic rings. The molecule has 1 aromatic carbocycles. The lowest BCUT2D eigenvalue weighted by Crippen LogP contribution is -2.19. The van der Waals surface area contributed by atoms with E-state index in [1.165, 1.54) is 12.8 Å². The second-order valence-electron chi connectivity index (χ2n) is 3.98. The molecule has 0 bridgehead atoms. The summed E-state index contributed by atoms with van der Waals surface area (Å²) in [5, 5.41) is 9.63. The fourth-order valence-corrected chi connectivity index (χ4v) is 1.53. The lowest BCUT2D eigenvalue weighted by molar-refractivity contribution is 0.314. The number of unbranched alkanes of at least 4 members (excludes halogenated alkanes) is 1. The molecule has 3 heteroatoms. The number of aromatic hydroxyl groups is 1. The van der Waals surface area contributed by atoms with E-state index in [4.69, 9.17) is 5.73 Å². The smallest absolute Gasteiger partial charge is 0.120 e. The van der Waals surface area contributed by atoms with Gasteiger partial charge in [0, 0.05) is 17.8 Å². The third kappa shape index (κ3) is 3.80. The molecule has 0 atom stereocenters. The van der Waals surface area contributed by atoms with E-state index >= 15 is 0 Å². The summed E-state index contributed by atoms with van der Waals surface area (Å²) in [6, 6.07) is 5.20. The summed E-state index contributed by atoms with van der Waals surface area (Å²) in [6.45, 7) is 3.97. The van der Waals surface area contributed by atoms with E-state index in [9.17, 15) is 5.11 Å². The average Bonchev–Trinajstić information content (AvgIpc) is 2.20. The Kier molecular flexibility index (Phi) is 4.43. The quantitative estimate of drug-likeness (QED) is 0.576. The van der Waals surface area contributed by atoms with Crippen molar-refractivity contribution in [3.05, 3.63) is 23.8 Å². The SMILES string of the molecule is CCCCN(C)Cc1cc(N)ccc1O. The molecule has 1 rings (SSSR count). The highest BCUT2D eigenvalue weighted by molar-refractivity contribution is 5.47. The normalized spacial score (nSPS) is 10.9. The van der Waals surface area contributed by atoms with E-state index in [2.05, 4.69) is 18.9 Å². The van der Waals surface area contributed by atoms with Gasteiger partial charge in [0.25, 0.3) is 0 Å². The van der Waals surface area contributed by atoms with Crippen LogP contribution in [0.1, 0.15) is 25.3 Å². The van der Waals surface area contributed by atoms with Crippen LogP contribution >= 0.6 is 0 Å². The maximum atomic E-state index is 9.63. The van der Waals surface area contributed by atoms with Gasteiger partial charge in [-0.05, 0) is 38.2 Å². The van der Waals surface area contributed by atoms with Gasteiger partial charge in [-0.15, -0.1) is 0 Å². The predicted molar refractivity (Wildman–Crippen MR) is 63.8 cm³/mol. The summed E-state index contributed by atoms with van der Waals surface area (Å²) in [7, 11) is 2.05. The summed E-state index contributed by atoms with van der Waals surface area (Å²) in [5.74, 6) is 0.326. The topological polar surface area (TPSA) is 49.5 Å². The molecule has 3 N–H and O–H groups in total. The molecule has 0 heterocycles. The van der Waals surface area contributed by atoms with Crippen molar-refractivity contribution in [1.82, 2.24) is 4.90 Å². The van der Waals surface area contributed by atoms with Gasteiger partial charge in [0.1, 0.15) is 5.75 Å². The lowest BCUT2D eigenvalue weighted by atomic mass is 10.1. The largest absolute Gasteiger partial charge is 0.508 e. The highest BCUT2D eigenvalue weighted by Gasteiger charge is 2.04. The van der Waals surface area contributed by atoms with Crippen LogP contribution in [0.25, 0.3) is 0 Å². The molecule has 0 radical (unpaired) electrons. The van der Waals surface area contributed by atoms with Gasteiger partial charge in [0.2, 0.25) is 0 Å². The minimum Gasteiger partial charge on any atom is -0.508 e. The third-order valence-corrected chi connectivity index (χ3v) is 2.44. The molecule has 0 fully saturated rings. The Hall–Kier alpha value is -1.22. The van der Waals surface area contributed by atoms with Gasteiger partial charge >= 0.3 is 0 Å². The van der Waals surface area contributed by atoms with Crippen molar-refractivity contribution in [2.75, 3.05) is 19.3 Å². The van der Waals surface area contributed by atoms with Crippen molar-refractivity contribution < 1.29 is 5.11 Å². The molecule has 0 spiro atoms. The molecule has 84 valence electrons. The van der Waals surface area contributed by atoms with Crippen molar-refractivity contribution in [1.29, 1.82) is 0 Å². The monoisotopic (exact) mass is 208 g/mol. The van der Waals surface area contributed by atoms with Gasteiger partial charge in [0.05, 0.1) is 0 Å². The molecule has 0 aromatic heterocycles. The number of nitrogens with zero attached hydrogens (tertiary/aromatic N) is 1. The van der Waals surface area contributed by atoms with Crippen LogP contribution in [-0.2, 0) is 6.54 Å². The number of nitrogens with two attached hydrogens (primary N) is 1. The number of phenols is 1. The Morgan fingerprint density at radius 3 is 2.80 bits per heavy atom. The highest BCUT2D eigenvalue weighted by atomic mass is 16.3. The van der Waals surface area contributed by atoms with E-state index < -0.39 is 0 Å². The molecule has 0 saturated heterocycles. The maximum Gasteiger partial charge on any atom is 0.120 e. The van der Waals surface area contributed by atoms with Gasteiger partial charge in [0.15, 0.2) is 0 Å². The van der Waals surface area contributed by atoms with Crippen LogP contribution in [0.5, 0.6) is 5.75 Å². The summed E-state index contributed by atoms with van der Waals surface area (Å²) in [5.41, 5.74) is 7.27. The molecule has 3 nitrogen and oxygen atoms in total. The lowest BCUT2D eigenvalue weighted by Gasteiger charge is -2.17. The summed E-state index contributed by atoms with van der Waals surface area (Å²) in [4.78, 5) is 2.19. The van der Waals surface area contributed by atoms with Crippen molar-refractivity contribution in [3.8, 4) is 5.75 Å². The van der Waals surface area contributed by atoms with Crippen molar-refractivity contribution >= 4 is 5.69 Å².